The van der Waals surface area contributed by atoms with Crippen LogP contribution in [0, 0.1) is 6.92 Å². The number of aromatic amines is 1. The van der Waals surface area contributed by atoms with Crippen LogP contribution in [0.3, 0.4) is 0 Å². The number of ether oxygens (including phenoxy) is 1. The van der Waals surface area contributed by atoms with Gasteiger partial charge in [-0.3, -0.25) is 24.5 Å². The summed E-state index contributed by atoms with van der Waals surface area (Å²) < 4.78 is 5.33. The van der Waals surface area contributed by atoms with Gasteiger partial charge in [-0.1, -0.05) is 42.1 Å². The molecule has 5 rings (SSSR count). The number of amidine groups is 2. The molecule has 0 spiro atoms. The van der Waals surface area contributed by atoms with Crippen molar-refractivity contribution < 1.29 is 19.1 Å². The van der Waals surface area contributed by atoms with Crippen molar-refractivity contribution in [2.45, 2.75) is 25.9 Å². The molecule has 0 fully saturated rings. The summed E-state index contributed by atoms with van der Waals surface area (Å²) in [7, 11) is 1.57. The Bertz CT molecular complexity index is 1470. The summed E-state index contributed by atoms with van der Waals surface area (Å²) in [5.74, 6) is 0.553. The van der Waals surface area contributed by atoms with Crippen molar-refractivity contribution in [3.05, 3.63) is 71.4 Å². The first-order chi connectivity index (χ1) is 18.4. The number of benzene rings is 2. The number of H-pyrrole nitrogens is 1. The Labute approximate surface area is 222 Å². The number of carbonyl (C=O) groups excluding carboxylic acids is 3. The number of methoxy groups -OCH3 is 1. The van der Waals surface area contributed by atoms with Gasteiger partial charge in [0.15, 0.2) is 11.0 Å². The first-order valence-corrected chi connectivity index (χ1v) is 12.8. The Balaban J connectivity index is 1.28. The highest BCUT2D eigenvalue weighted by Crippen LogP contribution is 2.34. The third-order valence-electron chi connectivity index (χ3n) is 5.90. The average Bonchev–Trinajstić information content (AvgIpc) is 3.48. The third-order valence-corrected chi connectivity index (χ3v) is 6.84. The molecule has 3 heterocycles. The molecule has 0 radical (unpaired) electrons. The maximum Gasteiger partial charge on any atom is 0.259 e. The van der Waals surface area contributed by atoms with E-state index in [0.29, 0.717) is 33.8 Å². The monoisotopic (exact) mass is 531 g/mol. The molecule has 0 unspecified atom stereocenters. The minimum absolute atomic E-state index is 0.00797. The standard InChI is InChI=1S/C26H25N7O4S/c1-15-11-21(32-31-15)30-23(35)14-38-26-29-18-9-5-4-8-17(18)24-28-19(25(36)33(24)26)12-22(34)27-13-16-7-3-6-10-20(16)37-2/h3-11,19H,12-14H2,1-2H3,(H,27,34)(H2,30,31,32,35)/t19-/m0/s1. The zero-order valence-corrected chi connectivity index (χ0v) is 21.5. The minimum atomic E-state index is -0.902. The molecular weight excluding hydrogens is 506 g/mol. The minimum Gasteiger partial charge on any atom is -0.496 e. The quantitative estimate of drug-likeness (QED) is 0.408. The first-order valence-electron chi connectivity index (χ1n) is 11.9. The van der Waals surface area contributed by atoms with Crippen LogP contribution in [-0.2, 0) is 20.9 Å². The van der Waals surface area contributed by atoms with E-state index in [2.05, 4.69) is 30.8 Å². The average molecular weight is 532 g/mol. The number of aryl methyl sites for hydroxylation is 1. The summed E-state index contributed by atoms with van der Waals surface area (Å²) in [6, 6.07) is 15.5. The smallest absolute Gasteiger partial charge is 0.259 e. The zero-order valence-electron chi connectivity index (χ0n) is 20.7. The molecule has 1 atom stereocenters. The molecule has 11 nitrogen and oxygen atoms in total. The molecule has 0 bridgehead atoms. The Hall–Kier alpha value is -4.45. The van der Waals surface area contributed by atoms with Crippen LogP contribution in [0.5, 0.6) is 5.75 Å². The number of hydrogen-bond donors (Lipinski definition) is 3. The van der Waals surface area contributed by atoms with Crippen LogP contribution >= 0.6 is 11.8 Å². The maximum absolute atomic E-state index is 13.4. The summed E-state index contributed by atoms with van der Waals surface area (Å²) in [4.78, 5) is 49.3. The van der Waals surface area contributed by atoms with Gasteiger partial charge in [-0.15, -0.1) is 0 Å². The number of carbonyl (C=O) groups is 3. The number of anilines is 1. The topological polar surface area (TPSA) is 141 Å². The van der Waals surface area contributed by atoms with Gasteiger partial charge in [0.1, 0.15) is 17.6 Å². The van der Waals surface area contributed by atoms with Crippen LogP contribution in [0.15, 0.2) is 64.6 Å². The van der Waals surface area contributed by atoms with E-state index in [9.17, 15) is 14.4 Å². The van der Waals surface area contributed by atoms with E-state index in [1.807, 2.05) is 55.5 Å². The van der Waals surface area contributed by atoms with Crippen LogP contribution < -0.4 is 15.4 Å². The molecule has 3 N–H and O–H groups in total. The fraction of sp³-hybridized carbons (Fsp3) is 0.231. The van der Waals surface area contributed by atoms with Crippen molar-refractivity contribution in [1.82, 2.24) is 20.4 Å². The lowest BCUT2D eigenvalue weighted by atomic mass is 10.1. The number of aliphatic imine (C=N–C) groups is 2. The number of nitrogens with zero attached hydrogens (tertiary/aromatic N) is 4. The molecule has 38 heavy (non-hydrogen) atoms. The summed E-state index contributed by atoms with van der Waals surface area (Å²) in [6.07, 6.45) is -0.118. The lowest BCUT2D eigenvalue weighted by molar-refractivity contribution is -0.128. The SMILES string of the molecule is COc1ccccc1CNC(=O)C[C@@H]1N=C2c3ccccc3N=C(SCC(=O)Nc3cc(C)[nH]n3)N2C1=O. The van der Waals surface area contributed by atoms with Gasteiger partial charge in [0, 0.05) is 29.4 Å². The Morgan fingerprint density at radius 3 is 2.71 bits per heavy atom. The van der Waals surface area contributed by atoms with Crippen LogP contribution in [0.25, 0.3) is 0 Å². The number of aromatic nitrogens is 2. The van der Waals surface area contributed by atoms with Crippen LogP contribution in [0.1, 0.15) is 23.2 Å². The summed E-state index contributed by atoms with van der Waals surface area (Å²) >= 11 is 1.12. The van der Waals surface area contributed by atoms with Gasteiger partial charge >= 0.3 is 0 Å². The second-order valence-electron chi connectivity index (χ2n) is 8.62. The number of fused-ring (bicyclic) bond motifs is 3. The number of rotatable bonds is 8. The maximum atomic E-state index is 13.4. The molecule has 2 aromatic carbocycles. The van der Waals surface area contributed by atoms with Gasteiger partial charge in [0.2, 0.25) is 11.8 Å². The summed E-state index contributed by atoms with van der Waals surface area (Å²) in [5, 5.41) is 12.7. The lowest BCUT2D eigenvalue weighted by Gasteiger charge is -2.25. The number of thioether (sulfide) groups is 1. The lowest BCUT2D eigenvalue weighted by Crippen LogP contribution is -2.42. The predicted molar refractivity (Wildman–Crippen MR) is 145 cm³/mol. The normalized spacial score (nSPS) is 15.8. The molecule has 0 aliphatic carbocycles. The van der Waals surface area contributed by atoms with Crippen LogP contribution in [0.4, 0.5) is 11.5 Å². The van der Waals surface area contributed by atoms with Gasteiger partial charge in [-0.2, -0.15) is 5.10 Å². The second kappa shape index (κ2) is 10.9. The van der Waals surface area contributed by atoms with Gasteiger partial charge < -0.3 is 15.4 Å². The largest absolute Gasteiger partial charge is 0.496 e. The molecule has 1 aromatic heterocycles. The van der Waals surface area contributed by atoms with Gasteiger partial charge in [0.25, 0.3) is 5.91 Å². The van der Waals surface area contributed by atoms with Gasteiger partial charge in [0.05, 0.1) is 25.0 Å². The van der Waals surface area contributed by atoms with E-state index in [4.69, 9.17) is 4.74 Å². The fourth-order valence-corrected chi connectivity index (χ4v) is 4.91. The Morgan fingerprint density at radius 2 is 1.92 bits per heavy atom. The molecule has 0 saturated carbocycles. The molecule has 3 aromatic rings. The van der Waals surface area contributed by atoms with Crippen LogP contribution in [-0.4, -0.2) is 62.7 Å². The highest BCUT2D eigenvalue weighted by Gasteiger charge is 2.42. The second-order valence-corrected chi connectivity index (χ2v) is 9.56. The highest BCUT2D eigenvalue weighted by atomic mass is 32.2. The van der Waals surface area contributed by atoms with Gasteiger partial charge in [-0.25, -0.2) is 9.89 Å². The van der Waals surface area contributed by atoms with Crippen LogP contribution in [0.2, 0.25) is 0 Å². The Kier molecular flexibility index (Phi) is 7.22. The van der Waals surface area contributed by atoms with E-state index in [0.717, 1.165) is 23.0 Å². The Morgan fingerprint density at radius 1 is 1.13 bits per heavy atom. The molecule has 12 heteroatoms. The summed E-state index contributed by atoms with van der Waals surface area (Å²) in [6.45, 7) is 2.10. The van der Waals surface area contributed by atoms with Gasteiger partial charge in [-0.05, 0) is 25.1 Å². The van der Waals surface area contributed by atoms with Crippen molar-refractivity contribution in [1.29, 1.82) is 0 Å². The summed E-state index contributed by atoms with van der Waals surface area (Å²) in [5.41, 5.74) is 2.98. The van der Waals surface area contributed by atoms with E-state index < -0.39 is 6.04 Å². The molecule has 2 aliphatic rings. The number of para-hydroxylation sites is 2. The predicted octanol–water partition coefficient (Wildman–Crippen LogP) is 2.76. The number of hydrogen-bond acceptors (Lipinski definition) is 8. The number of amides is 3. The highest BCUT2D eigenvalue weighted by molar-refractivity contribution is 8.14. The van der Waals surface area contributed by atoms with Crippen molar-refractivity contribution in [2.75, 3.05) is 18.2 Å². The third kappa shape index (κ3) is 5.30. The molecule has 0 saturated heterocycles. The van der Waals surface area contributed by atoms with E-state index in [-0.39, 0.29) is 36.4 Å². The number of nitrogens with one attached hydrogen (secondary N) is 3. The fourth-order valence-electron chi connectivity index (χ4n) is 4.11. The molecule has 3 amide bonds. The zero-order chi connectivity index (χ0) is 26.6. The molecule has 2 aliphatic heterocycles. The van der Waals surface area contributed by atoms with Crippen molar-refractivity contribution >= 4 is 52.0 Å². The van der Waals surface area contributed by atoms with E-state index in [1.165, 1.54) is 4.90 Å². The molecular formula is C26H25N7O4S. The van der Waals surface area contributed by atoms with Crippen molar-refractivity contribution in [3.63, 3.8) is 0 Å². The van der Waals surface area contributed by atoms with E-state index >= 15 is 0 Å². The van der Waals surface area contributed by atoms with E-state index in [1.54, 1.807) is 13.2 Å². The first kappa shape index (κ1) is 25.2. The molecule has 194 valence electrons. The van der Waals surface area contributed by atoms with Crippen molar-refractivity contribution in [3.8, 4) is 5.75 Å². The van der Waals surface area contributed by atoms with Crippen molar-refractivity contribution in [2.24, 2.45) is 9.98 Å².